The minimum atomic E-state index is 0. The number of benzene rings is 1. The molecule has 1 aromatic carbocycles. The third-order valence-electron chi connectivity index (χ3n) is 3.66. The van der Waals surface area contributed by atoms with Crippen molar-refractivity contribution in [1.82, 2.24) is 0 Å². The molecule has 0 saturated carbocycles. The third-order valence-corrected chi connectivity index (χ3v) is 3.66. The molecule has 0 saturated heterocycles. The van der Waals surface area contributed by atoms with Gasteiger partial charge in [-0.15, -0.1) is 0 Å². The monoisotopic (exact) mass is 270 g/mol. The summed E-state index contributed by atoms with van der Waals surface area (Å²) in [6, 6.07) is 10.9. The molecule has 0 heterocycles. The van der Waals surface area contributed by atoms with Gasteiger partial charge in [-0.05, 0) is 18.4 Å². The molecule has 0 aliphatic heterocycles. The van der Waals surface area contributed by atoms with Crippen LogP contribution in [0.1, 0.15) is 76.7 Å². The van der Waals surface area contributed by atoms with Gasteiger partial charge in [-0.25, -0.2) is 0 Å². The van der Waals surface area contributed by atoms with Crippen LogP contribution >= 0.6 is 0 Å². The first-order valence-electron chi connectivity index (χ1n) is 7.97. The van der Waals surface area contributed by atoms with Crippen LogP contribution in [-0.4, -0.2) is 23.1 Å². The van der Waals surface area contributed by atoms with Gasteiger partial charge < -0.3 is 0 Å². The van der Waals surface area contributed by atoms with Crippen molar-refractivity contribution in [3.8, 4) is 0 Å². The fourth-order valence-corrected chi connectivity index (χ4v) is 2.46. The van der Waals surface area contributed by atoms with Gasteiger partial charge in [0.05, 0.1) is 0 Å². The van der Waals surface area contributed by atoms with Crippen molar-refractivity contribution in [3.05, 3.63) is 35.9 Å². The van der Waals surface area contributed by atoms with Crippen LogP contribution in [0.2, 0.25) is 0 Å². The summed E-state index contributed by atoms with van der Waals surface area (Å²) in [6.45, 7) is 2.28. The molecule has 0 N–H and O–H groups in total. The molecule has 102 valence electrons. The molecule has 1 aromatic rings. The van der Waals surface area contributed by atoms with E-state index in [2.05, 4.69) is 37.3 Å². The van der Waals surface area contributed by atoms with Gasteiger partial charge in [-0.3, -0.25) is 0 Å². The largest absolute Gasteiger partial charge is 2.00 e. The first-order valence-corrected chi connectivity index (χ1v) is 7.97. The van der Waals surface area contributed by atoms with Crippen molar-refractivity contribution in [2.24, 2.45) is 0 Å². The molecule has 0 aliphatic rings. The summed E-state index contributed by atoms with van der Waals surface area (Å²) in [7, 11) is 0. The van der Waals surface area contributed by atoms with Crippen LogP contribution in [0.4, 0.5) is 0 Å². The first-order chi connectivity index (χ1) is 8.93. The van der Waals surface area contributed by atoms with Crippen molar-refractivity contribution in [1.29, 1.82) is 0 Å². The summed E-state index contributed by atoms with van der Waals surface area (Å²) in [6.07, 6.45) is 15.5. The van der Waals surface area contributed by atoms with E-state index in [4.69, 9.17) is 0 Å². The SMILES string of the molecule is CCCCCCCCCCCCc1ccccc1.[Mg+2]. The van der Waals surface area contributed by atoms with E-state index in [1.165, 1.54) is 76.2 Å². The van der Waals surface area contributed by atoms with Gasteiger partial charge in [0.1, 0.15) is 0 Å². The smallest absolute Gasteiger partial charge is 0.0654 e. The van der Waals surface area contributed by atoms with E-state index in [0.717, 1.165) is 0 Å². The Morgan fingerprint density at radius 1 is 0.632 bits per heavy atom. The van der Waals surface area contributed by atoms with Gasteiger partial charge >= 0.3 is 23.1 Å². The van der Waals surface area contributed by atoms with Crippen molar-refractivity contribution in [3.63, 3.8) is 0 Å². The van der Waals surface area contributed by atoms with Gasteiger partial charge in [0.2, 0.25) is 0 Å². The molecule has 0 fully saturated rings. The van der Waals surface area contributed by atoms with E-state index in [1.54, 1.807) is 0 Å². The topological polar surface area (TPSA) is 0 Å². The average Bonchev–Trinajstić information content (AvgIpc) is 2.42. The van der Waals surface area contributed by atoms with Crippen molar-refractivity contribution in [2.45, 2.75) is 77.6 Å². The third kappa shape index (κ3) is 11.5. The fraction of sp³-hybridized carbons (Fsp3) is 0.667. The van der Waals surface area contributed by atoms with Crippen LogP contribution in [0.25, 0.3) is 0 Å². The van der Waals surface area contributed by atoms with E-state index >= 15 is 0 Å². The zero-order chi connectivity index (χ0) is 12.9. The Morgan fingerprint density at radius 2 is 1.11 bits per heavy atom. The molecule has 0 amide bonds. The standard InChI is InChI=1S/C18H30.Mg/c1-2-3-4-5-6-7-8-9-10-12-15-18-16-13-11-14-17-18;/h11,13-14,16-17H,2-10,12,15H2,1H3;/q;+2. The zero-order valence-electron chi connectivity index (χ0n) is 12.9. The molecule has 1 rings (SSSR count). The number of hydrogen-bond donors (Lipinski definition) is 0. The second-order valence-electron chi connectivity index (χ2n) is 5.42. The maximum Gasteiger partial charge on any atom is 2.00 e. The van der Waals surface area contributed by atoms with Gasteiger partial charge in [-0.2, -0.15) is 0 Å². The second kappa shape index (κ2) is 14.4. The van der Waals surface area contributed by atoms with E-state index in [0.29, 0.717) is 0 Å². The van der Waals surface area contributed by atoms with Crippen LogP contribution in [0.15, 0.2) is 30.3 Å². The van der Waals surface area contributed by atoms with Crippen molar-refractivity contribution in [2.75, 3.05) is 0 Å². The first kappa shape index (κ1) is 19.0. The molecule has 19 heavy (non-hydrogen) atoms. The number of rotatable bonds is 11. The number of unbranched alkanes of at least 4 members (excludes halogenated alkanes) is 9. The van der Waals surface area contributed by atoms with E-state index in [9.17, 15) is 0 Å². The molecule has 0 aromatic heterocycles. The van der Waals surface area contributed by atoms with Crippen LogP contribution < -0.4 is 0 Å². The minimum Gasteiger partial charge on any atom is -0.0654 e. The quantitative estimate of drug-likeness (QED) is 0.354. The van der Waals surface area contributed by atoms with Gasteiger partial charge in [0.25, 0.3) is 0 Å². The van der Waals surface area contributed by atoms with E-state index in [-0.39, 0.29) is 23.1 Å². The van der Waals surface area contributed by atoms with Crippen LogP contribution in [0.3, 0.4) is 0 Å². The Kier molecular flexibility index (Phi) is 14.4. The second-order valence-corrected chi connectivity index (χ2v) is 5.42. The molecule has 0 spiro atoms. The normalized spacial score (nSPS) is 10.2. The van der Waals surface area contributed by atoms with Gasteiger partial charge in [0, 0.05) is 0 Å². The molecule has 0 nitrogen and oxygen atoms in total. The molecule has 0 unspecified atom stereocenters. The Bertz CT molecular complexity index is 268. The minimum absolute atomic E-state index is 0. The average molecular weight is 271 g/mol. The number of hydrogen-bond acceptors (Lipinski definition) is 0. The molecule has 0 bridgehead atoms. The molecule has 0 atom stereocenters. The summed E-state index contributed by atoms with van der Waals surface area (Å²) >= 11 is 0. The van der Waals surface area contributed by atoms with E-state index < -0.39 is 0 Å². The van der Waals surface area contributed by atoms with Gasteiger partial charge in [0.15, 0.2) is 0 Å². The molecule has 0 aliphatic carbocycles. The van der Waals surface area contributed by atoms with Crippen molar-refractivity contribution >= 4 is 23.1 Å². The zero-order valence-corrected chi connectivity index (χ0v) is 14.3. The van der Waals surface area contributed by atoms with E-state index in [1.807, 2.05) is 0 Å². The van der Waals surface area contributed by atoms with Crippen LogP contribution in [0, 0.1) is 0 Å². The number of aryl methyl sites for hydroxylation is 1. The molecular formula is C18H30Mg+2. The van der Waals surface area contributed by atoms with Gasteiger partial charge in [-0.1, -0.05) is 95.0 Å². The Labute approximate surface area is 136 Å². The predicted octanol–water partition coefficient (Wildman–Crippen LogP) is 5.77. The Balaban J connectivity index is 0.00000324. The summed E-state index contributed by atoms with van der Waals surface area (Å²) < 4.78 is 0. The molecule has 0 radical (unpaired) electrons. The summed E-state index contributed by atoms with van der Waals surface area (Å²) in [5.74, 6) is 0. The Morgan fingerprint density at radius 3 is 1.63 bits per heavy atom. The van der Waals surface area contributed by atoms with Crippen molar-refractivity contribution < 1.29 is 0 Å². The Hall–Kier alpha value is -0.0138. The maximum absolute atomic E-state index is 2.28. The molecular weight excluding hydrogens is 241 g/mol. The predicted molar refractivity (Wildman–Crippen MR) is 87.7 cm³/mol. The summed E-state index contributed by atoms with van der Waals surface area (Å²) in [5, 5.41) is 0. The fourth-order valence-electron chi connectivity index (χ4n) is 2.46. The molecule has 1 heteroatoms. The maximum atomic E-state index is 2.28. The summed E-state index contributed by atoms with van der Waals surface area (Å²) in [4.78, 5) is 0. The van der Waals surface area contributed by atoms with Crippen LogP contribution in [-0.2, 0) is 6.42 Å². The summed E-state index contributed by atoms with van der Waals surface area (Å²) in [5.41, 5.74) is 1.50. The van der Waals surface area contributed by atoms with Crippen LogP contribution in [0.5, 0.6) is 0 Å².